The Bertz CT molecular complexity index is 880. The third-order valence-electron chi connectivity index (χ3n) is 4.07. The summed E-state index contributed by atoms with van der Waals surface area (Å²) in [5, 5.41) is 2.73. The Hall–Kier alpha value is -2.25. The molecule has 6 nitrogen and oxygen atoms in total. The molecule has 1 N–H and O–H groups in total. The molecule has 2 aromatic rings. The molecule has 0 bridgehead atoms. The Balaban J connectivity index is 1.90. The average Bonchev–Trinajstić information content (AvgIpc) is 2.52. The van der Waals surface area contributed by atoms with Gasteiger partial charge in [0.25, 0.3) is 0 Å². The molecule has 0 fully saturated rings. The van der Waals surface area contributed by atoms with E-state index in [1.54, 1.807) is 12.1 Å². The summed E-state index contributed by atoms with van der Waals surface area (Å²) in [6.07, 6.45) is 1.48. The zero-order valence-electron chi connectivity index (χ0n) is 13.6. The van der Waals surface area contributed by atoms with Gasteiger partial charge in [-0.3, -0.25) is 4.79 Å². The number of aromatic nitrogens is 1. The first-order valence-electron chi connectivity index (χ1n) is 7.63. The van der Waals surface area contributed by atoms with Crippen molar-refractivity contribution in [2.75, 3.05) is 11.6 Å². The van der Waals surface area contributed by atoms with Gasteiger partial charge < -0.3 is 5.32 Å². The number of nitrogens with zero attached hydrogens (tertiary/aromatic N) is 2. The van der Waals surface area contributed by atoms with Crippen LogP contribution in [0, 0.1) is 6.92 Å². The summed E-state index contributed by atoms with van der Waals surface area (Å²) in [5.74, 6) is 0.0559. The average molecular weight is 345 g/mol. The first kappa shape index (κ1) is 16.6. The molecule has 1 aliphatic rings. The predicted molar refractivity (Wildman–Crippen MR) is 91.9 cm³/mol. The van der Waals surface area contributed by atoms with E-state index in [1.165, 1.54) is 4.31 Å². The van der Waals surface area contributed by atoms with Crippen molar-refractivity contribution in [2.45, 2.75) is 25.9 Å². The number of carbonyl (C=O) groups excluding carboxylic acids is 1. The first-order valence-corrected chi connectivity index (χ1v) is 9.47. The molecule has 1 aromatic heterocycles. The van der Waals surface area contributed by atoms with Gasteiger partial charge in [0.2, 0.25) is 15.9 Å². The van der Waals surface area contributed by atoms with Gasteiger partial charge >= 0.3 is 0 Å². The highest BCUT2D eigenvalue weighted by atomic mass is 32.2. The van der Waals surface area contributed by atoms with Gasteiger partial charge in [-0.1, -0.05) is 30.3 Å². The maximum atomic E-state index is 12.7. The van der Waals surface area contributed by atoms with Crippen LogP contribution < -0.4 is 5.32 Å². The summed E-state index contributed by atoms with van der Waals surface area (Å²) in [5.41, 5.74) is 2.71. The van der Waals surface area contributed by atoms with Crippen molar-refractivity contribution in [3.63, 3.8) is 0 Å². The smallest absolute Gasteiger partial charge is 0.244 e. The predicted octanol–water partition coefficient (Wildman–Crippen LogP) is 1.72. The van der Waals surface area contributed by atoms with Gasteiger partial charge in [-0.2, -0.15) is 4.31 Å². The summed E-state index contributed by atoms with van der Waals surface area (Å²) in [7, 11) is -3.51. The molecule has 126 valence electrons. The van der Waals surface area contributed by atoms with Crippen molar-refractivity contribution in [1.82, 2.24) is 9.29 Å². The number of nitrogens with one attached hydrogen (secondary N) is 1. The van der Waals surface area contributed by atoms with E-state index < -0.39 is 16.1 Å². The van der Waals surface area contributed by atoms with Crippen LogP contribution in [0.1, 0.15) is 16.8 Å². The molecular weight excluding hydrogens is 326 g/mol. The van der Waals surface area contributed by atoms with Crippen molar-refractivity contribution in [3.05, 3.63) is 59.3 Å². The van der Waals surface area contributed by atoms with Crippen molar-refractivity contribution in [3.8, 4) is 0 Å². The molecular formula is C17H19N3O3S. The number of hydrogen-bond acceptors (Lipinski definition) is 4. The van der Waals surface area contributed by atoms with E-state index in [0.717, 1.165) is 23.1 Å². The van der Waals surface area contributed by atoms with Crippen molar-refractivity contribution in [2.24, 2.45) is 0 Å². The van der Waals surface area contributed by atoms with Crippen LogP contribution in [0.2, 0.25) is 0 Å². The number of hydrogen-bond donors (Lipinski definition) is 1. The molecule has 1 aliphatic heterocycles. The number of fused-ring (bicyclic) bond motifs is 1. The maximum Gasteiger partial charge on any atom is 0.244 e. The second kappa shape index (κ2) is 6.33. The van der Waals surface area contributed by atoms with Gasteiger partial charge in [0, 0.05) is 12.2 Å². The van der Waals surface area contributed by atoms with Crippen LogP contribution in [-0.2, 0) is 27.8 Å². The van der Waals surface area contributed by atoms with Crippen LogP contribution in [0.4, 0.5) is 5.82 Å². The topological polar surface area (TPSA) is 79.4 Å². The molecule has 1 atom stereocenters. The Morgan fingerprint density at radius 2 is 1.88 bits per heavy atom. The third-order valence-corrected chi connectivity index (χ3v) is 5.31. The molecule has 0 unspecified atom stereocenters. The number of aryl methyl sites for hydroxylation is 1. The Kier molecular flexibility index (Phi) is 4.38. The van der Waals surface area contributed by atoms with Gasteiger partial charge in [0.1, 0.15) is 11.9 Å². The first-order chi connectivity index (χ1) is 11.3. The number of sulfonamides is 1. The van der Waals surface area contributed by atoms with E-state index in [1.807, 2.05) is 37.3 Å². The number of rotatable bonds is 3. The molecule has 1 amide bonds. The number of anilines is 1. The zero-order valence-corrected chi connectivity index (χ0v) is 14.4. The maximum absolute atomic E-state index is 12.7. The number of carbonyl (C=O) groups is 1. The highest BCUT2D eigenvalue weighted by molar-refractivity contribution is 7.88. The quantitative estimate of drug-likeness (QED) is 0.918. The Morgan fingerprint density at radius 1 is 1.17 bits per heavy atom. The van der Waals surface area contributed by atoms with Crippen LogP contribution in [0.5, 0.6) is 0 Å². The fourth-order valence-electron chi connectivity index (χ4n) is 2.89. The minimum Gasteiger partial charge on any atom is -0.309 e. The Labute approximate surface area is 141 Å². The van der Waals surface area contributed by atoms with Gasteiger partial charge in [0.05, 0.1) is 6.26 Å². The second-order valence-electron chi connectivity index (χ2n) is 5.95. The van der Waals surface area contributed by atoms with Crippen LogP contribution >= 0.6 is 0 Å². The molecule has 0 saturated carbocycles. The van der Waals surface area contributed by atoms with Crippen molar-refractivity contribution < 1.29 is 13.2 Å². The molecule has 7 heteroatoms. The van der Waals surface area contributed by atoms with Crippen LogP contribution in [0.3, 0.4) is 0 Å². The standard InChI is InChI=1S/C17H19N3O3S/c1-12-6-5-9-16(18-12)19-17(21)15-10-13-7-3-4-8-14(13)11-20(15)24(2,22)23/h3-9,15H,10-11H2,1-2H3,(H,18,19,21)/t15-/m1/s1. The minimum atomic E-state index is -3.51. The van der Waals surface area contributed by atoms with E-state index in [2.05, 4.69) is 10.3 Å². The number of pyridine rings is 1. The van der Waals surface area contributed by atoms with Crippen LogP contribution in [-0.4, -0.2) is 35.9 Å². The third kappa shape index (κ3) is 3.47. The van der Waals surface area contributed by atoms with Gasteiger partial charge in [-0.25, -0.2) is 13.4 Å². The highest BCUT2D eigenvalue weighted by Gasteiger charge is 2.36. The Morgan fingerprint density at radius 3 is 2.54 bits per heavy atom. The molecule has 0 saturated heterocycles. The summed E-state index contributed by atoms with van der Waals surface area (Å²) in [4.78, 5) is 16.9. The van der Waals surface area contributed by atoms with E-state index in [-0.39, 0.29) is 12.5 Å². The minimum absolute atomic E-state index is 0.203. The van der Waals surface area contributed by atoms with E-state index >= 15 is 0 Å². The lowest BCUT2D eigenvalue weighted by Crippen LogP contribution is -2.50. The van der Waals surface area contributed by atoms with E-state index in [9.17, 15) is 13.2 Å². The molecule has 0 aliphatic carbocycles. The SMILES string of the molecule is Cc1cccc(NC(=O)[C@H]2Cc3ccccc3CN2S(C)(=O)=O)n1. The lowest BCUT2D eigenvalue weighted by molar-refractivity contribution is -0.120. The summed E-state index contributed by atoms with van der Waals surface area (Å²) < 4.78 is 25.5. The zero-order chi connectivity index (χ0) is 17.3. The van der Waals surface area contributed by atoms with Crippen LogP contribution in [0.15, 0.2) is 42.5 Å². The number of benzene rings is 1. The van der Waals surface area contributed by atoms with Crippen LogP contribution in [0.25, 0.3) is 0 Å². The summed E-state index contributed by atoms with van der Waals surface area (Å²) in [6.45, 7) is 2.03. The largest absolute Gasteiger partial charge is 0.309 e. The van der Waals surface area contributed by atoms with Crippen molar-refractivity contribution in [1.29, 1.82) is 0 Å². The number of amides is 1. The van der Waals surface area contributed by atoms with Crippen molar-refractivity contribution >= 4 is 21.7 Å². The van der Waals surface area contributed by atoms with E-state index in [4.69, 9.17) is 0 Å². The monoisotopic (exact) mass is 345 g/mol. The molecule has 0 radical (unpaired) electrons. The highest BCUT2D eigenvalue weighted by Crippen LogP contribution is 2.26. The molecule has 1 aromatic carbocycles. The lowest BCUT2D eigenvalue weighted by Gasteiger charge is -2.34. The molecule has 2 heterocycles. The normalized spacial score (nSPS) is 18.0. The van der Waals surface area contributed by atoms with Gasteiger partial charge in [-0.15, -0.1) is 0 Å². The van der Waals surface area contributed by atoms with E-state index in [0.29, 0.717) is 12.2 Å². The van der Waals surface area contributed by atoms with Gasteiger partial charge in [-0.05, 0) is 36.6 Å². The molecule has 24 heavy (non-hydrogen) atoms. The fraction of sp³-hybridized carbons (Fsp3) is 0.294. The summed E-state index contributed by atoms with van der Waals surface area (Å²) >= 11 is 0. The fourth-order valence-corrected chi connectivity index (χ4v) is 3.90. The second-order valence-corrected chi connectivity index (χ2v) is 7.89. The van der Waals surface area contributed by atoms with Gasteiger partial charge in [0.15, 0.2) is 0 Å². The lowest BCUT2D eigenvalue weighted by atomic mass is 9.95. The molecule has 0 spiro atoms. The molecule has 3 rings (SSSR count). The summed E-state index contributed by atoms with van der Waals surface area (Å²) in [6, 6.07) is 12.1.